The van der Waals surface area contributed by atoms with Crippen LogP contribution in [0.3, 0.4) is 0 Å². The fraction of sp³-hybridized carbons (Fsp3) is 0.500. The Morgan fingerprint density at radius 1 is 1.31 bits per heavy atom. The zero-order valence-corrected chi connectivity index (χ0v) is 8.16. The van der Waals surface area contributed by atoms with Crippen molar-refractivity contribution in [2.24, 2.45) is 11.1 Å². The van der Waals surface area contributed by atoms with E-state index in [1.54, 1.807) is 0 Å². The van der Waals surface area contributed by atoms with E-state index in [1.165, 1.54) is 24.8 Å². The Hall–Kier alpha value is -0.820. The summed E-state index contributed by atoms with van der Waals surface area (Å²) in [6, 6.07) is 10.7. The molecule has 0 spiro atoms. The van der Waals surface area contributed by atoms with Crippen molar-refractivity contribution in [2.45, 2.75) is 32.2 Å². The van der Waals surface area contributed by atoms with Crippen LogP contribution in [-0.4, -0.2) is 0 Å². The van der Waals surface area contributed by atoms with Crippen molar-refractivity contribution in [1.82, 2.24) is 0 Å². The molecule has 0 radical (unpaired) electrons. The maximum atomic E-state index is 6.25. The lowest BCUT2D eigenvalue weighted by Gasteiger charge is -2.21. The van der Waals surface area contributed by atoms with Crippen LogP contribution in [0.25, 0.3) is 0 Å². The summed E-state index contributed by atoms with van der Waals surface area (Å²) < 4.78 is 0. The first-order valence-corrected chi connectivity index (χ1v) is 5.09. The lowest BCUT2D eigenvalue weighted by molar-refractivity contribution is 0.394. The van der Waals surface area contributed by atoms with E-state index >= 15 is 0 Å². The van der Waals surface area contributed by atoms with E-state index in [0.717, 1.165) is 0 Å². The van der Waals surface area contributed by atoms with Gasteiger partial charge < -0.3 is 5.73 Å². The summed E-state index contributed by atoms with van der Waals surface area (Å²) in [6.45, 7) is 2.25. The number of hydrogen-bond donors (Lipinski definition) is 1. The number of nitrogens with two attached hydrogens (primary N) is 1. The fourth-order valence-corrected chi connectivity index (χ4v) is 2.06. The second-order valence-corrected chi connectivity index (χ2v) is 4.10. The quantitative estimate of drug-likeness (QED) is 0.751. The average molecular weight is 175 g/mol. The second-order valence-electron chi connectivity index (χ2n) is 4.10. The van der Waals surface area contributed by atoms with Gasteiger partial charge in [0.15, 0.2) is 0 Å². The molecule has 1 atom stereocenters. The van der Waals surface area contributed by atoms with Gasteiger partial charge in [0.1, 0.15) is 0 Å². The van der Waals surface area contributed by atoms with Gasteiger partial charge in [0.25, 0.3) is 0 Å². The third-order valence-corrected chi connectivity index (χ3v) is 3.41. The third kappa shape index (κ3) is 1.49. The number of benzene rings is 1. The molecule has 0 aliphatic heterocycles. The first kappa shape index (κ1) is 8.76. The first-order chi connectivity index (χ1) is 6.28. The highest BCUT2D eigenvalue weighted by atomic mass is 14.7. The zero-order valence-electron chi connectivity index (χ0n) is 8.16. The minimum Gasteiger partial charge on any atom is -0.323 e. The maximum Gasteiger partial charge on any atom is 0.0352 e. The first-order valence-electron chi connectivity index (χ1n) is 5.09. The van der Waals surface area contributed by atoms with Crippen molar-refractivity contribution in [2.75, 3.05) is 0 Å². The molecule has 0 amide bonds. The molecule has 1 heteroatoms. The molecule has 2 rings (SSSR count). The summed E-state index contributed by atoms with van der Waals surface area (Å²) in [7, 11) is 0. The Balaban J connectivity index is 2.18. The van der Waals surface area contributed by atoms with Crippen LogP contribution in [0.1, 0.15) is 37.8 Å². The lowest BCUT2D eigenvalue weighted by atomic mass is 9.89. The van der Waals surface area contributed by atoms with E-state index in [2.05, 4.69) is 31.2 Å². The topological polar surface area (TPSA) is 26.0 Å². The van der Waals surface area contributed by atoms with Gasteiger partial charge in [0.2, 0.25) is 0 Å². The molecule has 0 heterocycles. The smallest absolute Gasteiger partial charge is 0.0352 e. The van der Waals surface area contributed by atoms with Crippen molar-refractivity contribution in [3.8, 4) is 0 Å². The maximum absolute atomic E-state index is 6.25. The predicted octanol–water partition coefficient (Wildman–Crippen LogP) is 2.88. The molecular formula is C12H17N. The summed E-state index contributed by atoms with van der Waals surface area (Å²) in [4.78, 5) is 0. The zero-order chi connectivity index (χ0) is 9.31. The van der Waals surface area contributed by atoms with Crippen molar-refractivity contribution >= 4 is 0 Å². The Morgan fingerprint density at radius 3 is 2.38 bits per heavy atom. The van der Waals surface area contributed by atoms with E-state index in [0.29, 0.717) is 5.41 Å². The van der Waals surface area contributed by atoms with Gasteiger partial charge in [-0.2, -0.15) is 0 Å². The van der Waals surface area contributed by atoms with Crippen LogP contribution >= 0.6 is 0 Å². The highest BCUT2D eigenvalue weighted by Gasteiger charge is 2.46. The van der Waals surface area contributed by atoms with Gasteiger partial charge in [0, 0.05) is 6.04 Å². The average Bonchev–Trinajstić information content (AvgIpc) is 2.99. The molecule has 13 heavy (non-hydrogen) atoms. The van der Waals surface area contributed by atoms with Gasteiger partial charge in [-0.05, 0) is 30.2 Å². The van der Waals surface area contributed by atoms with E-state index in [9.17, 15) is 0 Å². The van der Waals surface area contributed by atoms with E-state index in [1.807, 2.05) is 6.07 Å². The van der Waals surface area contributed by atoms with Gasteiger partial charge in [-0.25, -0.2) is 0 Å². The van der Waals surface area contributed by atoms with Crippen molar-refractivity contribution in [3.63, 3.8) is 0 Å². The Bertz CT molecular complexity index is 274. The summed E-state index contributed by atoms with van der Waals surface area (Å²) in [5.41, 5.74) is 7.97. The summed E-state index contributed by atoms with van der Waals surface area (Å²) in [5, 5.41) is 0. The molecule has 1 aliphatic carbocycles. The third-order valence-electron chi connectivity index (χ3n) is 3.41. The normalized spacial score (nSPS) is 21.1. The largest absolute Gasteiger partial charge is 0.323 e. The summed E-state index contributed by atoms with van der Waals surface area (Å²) in [5.74, 6) is 0. The molecule has 1 nitrogen and oxygen atoms in total. The van der Waals surface area contributed by atoms with Crippen LogP contribution in [0.5, 0.6) is 0 Å². The Morgan fingerprint density at radius 2 is 1.92 bits per heavy atom. The van der Waals surface area contributed by atoms with Gasteiger partial charge >= 0.3 is 0 Å². The van der Waals surface area contributed by atoms with E-state index in [4.69, 9.17) is 5.73 Å². The molecule has 0 saturated heterocycles. The molecule has 70 valence electrons. The Kier molecular flexibility index (Phi) is 2.12. The highest BCUT2D eigenvalue weighted by Crippen LogP contribution is 2.56. The minimum absolute atomic E-state index is 0.249. The second kappa shape index (κ2) is 3.15. The van der Waals surface area contributed by atoms with Gasteiger partial charge in [-0.3, -0.25) is 0 Å². The van der Waals surface area contributed by atoms with Crippen LogP contribution in [-0.2, 0) is 0 Å². The van der Waals surface area contributed by atoms with E-state index < -0.39 is 0 Å². The Labute approximate surface area is 80.0 Å². The van der Waals surface area contributed by atoms with Gasteiger partial charge in [-0.1, -0.05) is 37.3 Å². The van der Waals surface area contributed by atoms with Crippen molar-refractivity contribution in [1.29, 1.82) is 0 Å². The number of hydrogen-bond acceptors (Lipinski definition) is 1. The molecule has 1 aliphatic rings. The minimum atomic E-state index is 0.249. The summed E-state index contributed by atoms with van der Waals surface area (Å²) in [6.07, 6.45) is 3.82. The van der Waals surface area contributed by atoms with Crippen molar-refractivity contribution in [3.05, 3.63) is 35.9 Å². The molecule has 1 saturated carbocycles. The molecule has 0 aromatic heterocycles. The predicted molar refractivity (Wildman–Crippen MR) is 55.3 cm³/mol. The number of rotatable bonds is 3. The monoisotopic (exact) mass is 175 g/mol. The SMILES string of the molecule is CCC1(C(N)c2ccccc2)CC1. The van der Waals surface area contributed by atoms with Crippen LogP contribution in [0, 0.1) is 5.41 Å². The van der Waals surface area contributed by atoms with Crippen molar-refractivity contribution < 1.29 is 0 Å². The standard InChI is InChI=1S/C12H17N/c1-2-12(8-9-12)11(13)10-6-4-3-5-7-10/h3-7,11H,2,8-9,13H2,1H3. The van der Waals surface area contributed by atoms with Gasteiger partial charge in [-0.15, -0.1) is 0 Å². The molecular weight excluding hydrogens is 158 g/mol. The molecule has 1 unspecified atom stereocenters. The molecule has 1 aromatic carbocycles. The van der Waals surface area contributed by atoms with Gasteiger partial charge in [0.05, 0.1) is 0 Å². The fourth-order valence-electron chi connectivity index (χ4n) is 2.06. The van der Waals surface area contributed by atoms with Crippen LogP contribution in [0.15, 0.2) is 30.3 Å². The van der Waals surface area contributed by atoms with Crippen LogP contribution in [0.2, 0.25) is 0 Å². The molecule has 0 bridgehead atoms. The van der Waals surface area contributed by atoms with E-state index in [-0.39, 0.29) is 6.04 Å². The summed E-state index contributed by atoms with van der Waals surface area (Å²) >= 11 is 0. The highest BCUT2D eigenvalue weighted by molar-refractivity contribution is 5.23. The molecule has 2 N–H and O–H groups in total. The van der Waals surface area contributed by atoms with Crippen LogP contribution in [0.4, 0.5) is 0 Å². The molecule has 1 fully saturated rings. The van der Waals surface area contributed by atoms with Crippen LogP contribution < -0.4 is 5.73 Å². The molecule has 1 aromatic rings. The lowest BCUT2D eigenvalue weighted by Crippen LogP contribution is -2.21.